The predicted octanol–water partition coefficient (Wildman–Crippen LogP) is 1.38. The van der Waals surface area contributed by atoms with Crippen LogP contribution in [0.5, 0.6) is 5.75 Å². The standard InChI is InChI=1S/C17H23N3O3/c1-23-14-8-6-12(7-9-14)18-16(21)11-20-10-2-3-15(20)17(22)19-13-4-5-13/h6-9,13,15H,2-5,10-11H2,1H3,(H,18,21)(H,19,22). The van der Waals surface area contributed by atoms with E-state index in [1.54, 1.807) is 31.4 Å². The number of nitrogens with one attached hydrogen (secondary N) is 2. The third-order valence-electron chi connectivity index (χ3n) is 4.31. The van der Waals surface area contributed by atoms with Crippen LogP contribution in [-0.2, 0) is 9.59 Å². The molecule has 2 N–H and O–H groups in total. The highest BCUT2D eigenvalue weighted by atomic mass is 16.5. The van der Waals surface area contributed by atoms with Crippen LogP contribution in [0.15, 0.2) is 24.3 Å². The van der Waals surface area contributed by atoms with Crippen LogP contribution in [0.25, 0.3) is 0 Å². The van der Waals surface area contributed by atoms with E-state index in [0.29, 0.717) is 6.04 Å². The Bertz CT molecular complexity index is 569. The Morgan fingerprint density at radius 1 is 1.22 bits per heavy atom. The summed E-state index contributed by atoms with van der Waals surface area (Å²) < 4.78 is 5.09. The molecule has 1 aliphatic heterocycles. The van der Waals surface area contributed by atoms with Crippen molar-refractivity contribution in [1.29, 1.82) is 0 Å². The van der Waals surface area contributed by atoms with Gasteiger partial charge in [0.2, 0.25) is 11.8 Å². The van der Waals surface area contributed by atoms with Gasteiger partial charge >= 0.3 is 0 Å². The molecule has 0 aromatic heterocycles. The largest absolute Gasteiger partial charge is 0.497 e. The lowest BCUT2D eigenvalue weighted by Crippen LogP contribution is -2.46. The van der Waals surface area contributed by atoms with Crippen LogP contribution >= 0.6 is 0 Å². The summed E-state index contributed by atoms with van der Waals surface area (Å²) >= 11 is 0. The fraction of sp³-hybridized carbons (Fsp3) is 0.529. The van der Waals surface area contributed by atoms with E-state index >= 15 is 0 Å². The molecule has 3 rings (SSSR count). The van der Waals surface area contributed by atoms with Gasteiger partial charge in [0.05, 0.1) is 19.7 Å². The summed E-state index contributed by atoms with van der Waals surface area (Å²) in [5, 5.41) is 5.90. The molecule has 6 heteroatoms. The Morgan fingerprint density at radius 3 is 2.61 bits per heavy atom. The highest BCUT2D eigenvalue weighted by Crippen LogP contribution is 2.22. The number of hydrogen-bond acceptors (Lipinski definition) is 4. The minimum Gasteiger partial charge on any atom is -0.497 e. The number of rotatable bonds is 6. The maximum Gasteiger partial charge on any atom is 0.238 e. The van der Waals surface area contributed by atoms with Gasteiger partial charge in [-0.2, -0.15) is 0 Å². The van der Waals surface area contributed by atoms with Crippen LogP contribution in [0.4, 0.5) is 5.69 Å². The van der Waals surface area contributed by atoms with Gasteiger partial charge in [0.15, 0.2) is 0 Å². The molecule has 1 saturated carbocycles. The van der Waals surface area contributed by atoms with Gasteiger partial charge in [0, 0.05) is 11.7 Å². The molecular formula is C17H23N3O3. The fourth-order valence-corrected chi connectivity index (χ4v) is 2.90. The minimum atomic E-state index is -0.169. The lowest BCUT2D eigenvalue weighted by Gasteiger charge is -2.23. The molecule has 1 saturated heterocycles. The fourth-order valence-electron chi connectivity index (χ4n) is 2.90. The number of methoxy groups -OCH3 is 1. The van der Waals surface area contributed by atoms with E-state index in [0.717, 1.165) is 43.7 Å². The number of amides is 2. The number of carbonyl (C=O) groups excluding carboxylic acids is 2. The molecule has 1 heterocycles. The second-order valence-electron chi connectivity index (χ2n) is 6.19. The molecule has 124 valence electrons. The molecule has 0 spiro atoms. The number of ether oxygens (including phenoxy) is 1. The number of benzene rings is 1. The summed E-state index contributed by atoms with van der Waals surface area (Å²) in [4.78, 5) is 26.4. The minimum absolute atomic E-state index is 0.0715. The van der Waals surface area contributed by atoms with E-state index in [2.05, 4.69) is 10.6 Å². The molecule has 1 aromatic carbocycles. The lowest BCUT2D eigenvalue weighted by molar-refractivity contribution is -0.126. The highest BCUT2D eigenvalue weighted by molar-refractivity contribution is 5.93. The lowest BCUT2D eigenvalue weighted by atomic mass is 10.2. The van der Waals surface area contributed by atoms with Crippen molar-refractivity contribution in [3.63, 3.8) is 0 Å². The van der Waals surface area contributed by atoms with Gasteiger partial charge in [0.25, 0.3) is 0 Å². The SMILES string of the molecule is COc1ccc(NC(=O)CN2CCCC2C(=O)NC2CC2)cc1. The molecule has 2 amide bonds. The second-order valence-corrected chi connectivity index (χ2v) is 6.19. The summed E-state index contributed by atoms with van der Waals surface area (Å²) in [6.45, 7) is 1.04. The zero-order valence-electron chi connectivity index (χ0n) is 13.4. The summed E-state index contributed by atoms with van der Waals surface area (Å²) in [6.07, 6.45) is 3.94. The average Bonchev–Trinajstić information content (AvgIpc) is 3.23. The summed E-state index contributed by atoms with van der Waals surface area (Å²) in [6, 6.07) is 7.40. The number of carbonyl (C=O) groups is 2. The van der Waals surface area contributed by atoms with E-state index in [1.807, 2.05) is 4.90 Å². The average molecular weight is 317 g/mol. The maximum atomic E-state index is 12.2. The number of nitrogens with zero attached hydrogens (tertiary/aromatic N) is 1. The van der Waals surface area contributed by atoms with Crippen LogP contribution in [0.1, 0.15) is 25.7 Å². The molecule has 1 aromatic rings. The molecular weight excluding hydrogens is 294 g/mol. The topological polar surface area (TPSA) is 70.7 Å². The number of anilines is 1. The highest BCUT2D eigenvalue weighted by Gasteiger charge is 2.34. The van der Waals surface area contributed by atoms with Crippen molar-refractivity contribution in [2.45, 2.75) is 37.8 Å². The zero-order valence-corrected chi connectivity index (χ0v) is 13.4. The van der Waals surface area contributed by atoms with E-state index in [9.17, 15) is 9.59 Å². The first-order chi connectivity index (χ1) is 11.2. The summed E-state index contributed by atoms with van der Waals surface area (Å²) in [7, 11) is 1.60. The van der Waals surface area contributed by atoms with E-state index in [4.69, 9.17) is 4.74 Å². The van der Waals surface area contributed by atoms with Gasteiger partial charge in [-0.15, -0.1) is 0 Å². The molecule has 23 heavy (non-hydrogen) atoms. The van der Waals surface area contributed by atoms with E-state index in [-0.39, 0.29) is 24.4 Å². The number of likely N-dealkylation sites (tertiary alicyclic amines) is 1. The van der Waals surface area contributed by atoms with Crippen molar-refractivity contribution in [3.8, 4) is 5.75 Å². The zero-order chi connectivity index (χ0) is 16.2. The Labute approximate surface area is 136 Å². The van der Waals surface area contributed by atoms with Crippen LogP contribution in [0.3, 0.4) is 0 Å². The molecule has 2 fully saturated rings. The van der Waals surface area contributed by atoms with Crippen molar-refractivity contribution in [1.82, 2.24) is 10.2 Å². The van der Waals surface area contributed by atoms with Gasteiger partial charge < -0.3 is 15.4 Å². The third-order valence-corrected chi connectivity index (χ3v) is 4.31. The molecule has 0 radical (unpaired) electrons. The summed E-state index contributed by atoms with van der Waals surface area (Å²) in [5.74, 6) is 0.725. The van der Waals surface area contributed by atoms with Crippen molar-refractivity contribution in [3.05, 3.63) is 24.3 Å². The maximum absolute atomic E-state index is 12.2. The van der Waals surface area contributed by atoms with E-state index in [1.165, 1.54) is 0 Å². The molecule has 0 bridgehead atoms. The monoisotopic (exact) mass is 317 g/mol. The van der Waals surface area contributed by atoms with Crippen molar-refractivity contribution in [2.75, 3.05) is 25.5 Å². The summed E-state index contributed by atoms with van der Waals surface area (Å²) in [5.41, 5.74) is 0.731. The van der Waals surface area contributed by atoms with Crippen molar-refractivity contribution in [2.24, 2.45) is 0 Å². The first-order valence-electron chi connectivity index (χ1n) is 8.14. The molecule has 6 nitrogen and oxygen atoms in total. The van der Waals surface area contributed by atoms with E-state index < -0.39 is 0 Å². The second kappa shape index (κ2) is 7.00. The van der Waals surface area contributed by atoms with Crippen molar-refractivity contribution < 1.29 is 14.3 Å². The van der Waals surface area contributed by atoms with Crippen LogP contribution in [-0.4, -0.2) is 49.0 Å². The van der Waals surface area contributed by atoms with Crippen molar-refractivity contribution >= 4 is 17.5 Å². The third kappa shape index (κ3) is 4.22. The first kappa shape index (κ1) is 15.8. The van der Waals surface area contributed by atoms with Crippen LogP contribution in [0, 0.1) is 0 Å². The van der Waals surface area contributed by atoms with Crippen LogP contribution < -0.4 is 15.4 Å². The molecule has 1 unspecified atom stereocenters. The van der Waals surface area contributed by atoms with Gasteiger partial charge in [-0.25, -0.2) is 0 Å². The smallest absolute Gasteiger partial charge is 0.238 e. The van der Waals surface area contributed by atoms with Gasteiger partial charge in [0.1, 0.15) is 5.75 Å². The predicted molar refractivity (Wildman–Crippen MR) is 87.4 cm³/mol. The van der Waals surface area contributed by atoms with Gasteiger partial charge in [-0.1, -0.05) is 0 Å². The normalized spacial score (nSPS) is 21.0. The molecule has 1 aliphatic carbocycles. The van der Waals surface area contributed by atoms with Crippen LogP contribution in [0.2, 0.25) is 0 Å². The van der Waals surface area contributed by atoms with Gasteiger partial charge in [-0.3, -0.25) is 14.5 Å². The Balaban J connectivity index is 1.52. The first-order valence-corrected chi connectivity index (χ1v) is 8.14. The molecule has 2 aliphatic rings. The Morgan fingerprint density at radius 2 is 1.96 bits per heavy atom. The Hall–Kier alpha value is -2.08. The quantitative estimate of drug-likeness (QED) is 0.831. The number of hydrogen-bond donors (Lipinski definition) is 2. The van der Waals surface area contributed by atoms with Gasteiger partial charge in [-0.05, 0) is 56.5 Å². The Kier molecular flexibility index (Phi) is 4.81. The molecule has 1 atom stereocenters.